The summed E-state index contributed by atoms with van der Waals surface area (Å²) in [6.45, 7) is 8.77. The first-order valence-electron chi connectivity index (χ1n) is 29.3. The van der Waals surface area contributed by atoms with Gasteiger partial charge in [-0.2, -0.15) is 0 Å². The number of carbonyl (C=O) groups is 2. The topological polar surface area (TPSA) is 51.7 Å². The molecular weight excluding hydrogens is 1010 g/mol. The van der Waals surface area contributed by atoms with Crippen LogP contribution in [0.5, 0.6) is 0 Å². The molecule has 3 aromatic heterocycles. The van der Waals surface area contributed by atoms with Crippen molar-refractivity contribution in [1.29, 1.82) is 0 Å². The Bertz CT molecular complexity index is 5120. The molecule has 396 valence electrons. The number of para-hydroxylation sites is 1. The SMILES string of the molecule is Cc1ccccc1C1(C)CC2=C(C=CCC=C2)Cc2cc3c4cc(-c5c(-c6ccccc6)cc(-c6ccccc6)c6c5oc5ccccc56)cc5c6cc7c(cc6n(c3cc2C1=O)c45)C(=O)C1(C)c2ccccc2C1(C)c1ccccc1C7. The van der Waals surface area contributed by atoms with Crippen molar-refractivity contribution in [2.75, 3.05) is 0 Å². The number of Topliss-reactive ketones (excluding diaryl/α,β-unsaturated/α-hetero) is 2. The number of nitrogens with zero attached hydrogens (tertiary/aromatic N) is 1. The summed E-state index contributed by atoms with van der Waals surface area (Å²) in [5.74, 6) is 0.257. The maximum atomic E-state index is 16.2. The number of benzene rings is 10. The third kappa shape index (κ3) is 6.41. The summed E-state index contributed by atoms with van der Waals surface area (Å²) in [6.07, 6.45) is 11.7. The van der Waals surface area contributed by atoms with Gasteiger partial charge in [-0.1, -0.05) is 183 Å². The van der Waals surface area contributed by atoms with Gasteiger partial charge in [0.1, 0.15) is 11.2 Å². The standard InChI is InChI=1S/C79H57NO3/c1-46-22-14-17-31-64(46)77(2)45-51-29-13-7-12-27-49(51)36-52-38-60-62-40-54(71-56(47-23-8-5-9-24-47)42-57(48-25-10-6-11-26-48)72-55-30-16-21-35-70(55)83-74(71)72)41-63-61-39-53-37-50-28-15-18-32-65(50)78(3)66-33-19-20-34-67(66)79(78,4)76(82)59(53)44-69(61)80(73(62)63)68(60)43-58(52)75(77)81/h5-6,8-35,38-44H,7,36-37,45H2,1-4H3. The molecule has 0 bridgehead atoms. The number of hydrogen-bond donors (Lipinski definition) is 0. The van der Waals surface area contributed by atoms with E-state index >= 15 is 9.59 Å². The van der Waals surface area contributed by atoms with Crippen LogP contribution in [0, 0.1) is 6.92 Å². The van der Waals surface area contributed by atoms with E-state index in [1.165, 1.54) is 27.8 Å². The second-order valence-electron chi connectivity index (χ2n) is 24.6. The molecule has 0 radical (unpaired) electrons. The summed E-state index contributed by atoms with van der Waals surface area (Å²) in [5, 5.41) is 6.44. The molecule has 0 aliphatic heterocycles. The molecule has 4 aliphatic rings. The Hall–Kier alpha value is -9.64. The van der Waals surface area contributed by atoms with E-state index < -0.39 is 16.2 Å². The Balaban J connectivity index is 1.02. The zero-order valence-electron chi connectivity index (χ0n) is 46.9. The van der Waals surface area contributed by atoms with Crippen molar-refractivity contribution < 1.29 is 14.0 Å². The zero-order chi connectivity index (χ0) is 55.7. The molecular formula is C79H57NO3. The second-order valence-corrected chi connectivity index (χ2v) is 24.6. The first kappa shape index (κ1) is 48.1. The normalized spacial score (nSPS) is 20.1. The van der Waals surface area contributed by atoms with Crippen molar-refractivity contribution in [2.24, 2.45) is 0 Å². The van der Waals surface area contributed by atoms with Gasteiger partial charge < -0.3 is 8.82 Å². The fourth-order valence-electron chi connectivity index (χ4n) is 16.1. The molecule has 83 heavy (non-hydrogen) atoms. The average molecular weight is 1070 g/mol. The van der Waals surface area contributed by atoms with Crippen LogP contribution in [-0.4, -0.2) is 16.0 Å². The highest BCUT2D eigenvalue weighted by Gasteiger charge is 2.63. The zero-order valence-corrected chi connectivity index (χ0v) is 46.9. The van der Waals surface area contributed by atoms with E-state index in [1.54, 1.807) is 0 Å². The number of aromatic nitrogens is 1. The Morgan fingerprint density at radius 2 is 1.01 bits per heavy atom. The lowest BCUT2D eigenvalue weighted by Gasteiger charge is -2.58. The van der Waals surface area contributed by atoms with Gasteiger partial charge in [0.25, 0.3) is 0 Å². The molecule has 13 aromatic rings. The highest BCUT2D eigenvalue weighted by atomic mass is 16.3. The molecule has 0 spiro atoms. The Kier molecular flexibility index (Phi) is 9.97. The summed E-state index contributed by atoms with van der Waals surface area (Å²) in [5.41, 5.74) is 21.7. The van der Waals surface area contributed by atoms with E-state index in [0.717, 1.165) is 139 Å². The van der Waals surface area contributed by atoms with Gasteiger partial charge in [0.2, 0.25) is 0 Å². The number of rotatable bonds is 4. The smallest absolute Gasteiger partial charge is 0.174 e. The maximum absolute atomic E-state index is 16.2. The lowest BCUT2D eigenvalue weighted by molar-refractivity contribution is 0.0789. The minimum absolute atomic E-state index is 0.121. The van der Waals surface area contributed by atoms with Crippen LogP contribution >= 0.6 is 0 Å². The van der Waals surface area contributed by atoms with Crippen LogP contribution in [0.4, 0.5) is 0 Å². The van der Waals surface area contributed by atoms with Gasteiger partial charge >= 0.3 is 0 Å². The maximum Gasteiger partial charge on any atom is 0.174 e. The minimum atomic E-state index is -0.859. The second kappa shape index (κ2) is 17.2. The first-order chi connectivity index (χ1) is 40.5. The van der Waals surface area contributed by atoms with Crippen LogP contribution < -0.4 is 0 Å². The Labute approximate surface area is 481 Å². The van der Waals surface area contributed by atoms with E-state index in [0.29, 0.717) is 19.3 Å². The summed E-state index contributed by atoms with van der Waals surface area (Å²) < 4.78 is 9.65. The van der Waals surface area contributed by atoms with Crippen molar-refractivity contribution in [1.82, 2.24) is 4.40 Å². The Morgan fingerprint density at radius 3 is 1.71 bits per heavy atom. The van der Waals surface area contributed by atoms with Crippen molar-refractivity contribution in [3.8, 4) is 33.4 Å². The lowest BCUT2D eigenvalue weighted by atomic mass is 9.42. The molecule has 0 fully saturated rings. The summed E-state index contributed by atoms with van der Waals surface area (Å²) in [4.78, 5) is 32.4. The van der Waals surface area contributed by atoms with Gasteiger partial charge in [-0.05, 0) is 178 Å². The van der Waals surface area contributed by atoms with Gasteiger partial charge in [0, 0.05) is 54.4 Å². The van der Waals surface area contributed by atoms with Crippen molar-refractivity contribution >= 4 is 71.6 Å². The molecule has 17 rings (SSSR count). The van der Waals surface area contributed by atoms with Gasteiger partial charge in [0.15, 0.2) is 11.6 Å². The van der Waals surface area contributed by atoms with E-state index in [4.69, 9.17) is 4.42 Å². The molecule has 0 N–H and O–H groups in total. The van der Waals surface area contributed by atoms with Crippen LogP contribution in [0.3, 0.4) is 0 Å². The quantitative estimate of drug-likeness (QED) is 0.176. The number of carbonyl (C=O) groups excluding carboxylic acids is 2. The van der Waals surface area contributed by atoms with Crippen LogP contribution in [-0.2, 0) is 29.1 Å². The third-order valence-electron chi connectivity index (χ3n) is 20.3. The average Bonchev–Trinajstić information content (AvgIpc) is 0.993. The molecule has 4 aliphatic carbocycles. The molecule has 10 aromatic carbocycles. The van der Waals surface area contributed by atoms with Crippen molar-refractivity contribution in [2.45, 2.75) is 69.6 Å². The summed E-state index contributed by atoms with van der Waals surface area (Å²) in [7, 11) is 0. The van der Waals surface area contributed by atoms with Crippen molar-refractivity contribution in [3.05, 3.63) is 291 Å². The van der Waals surface area contributed by atoms with Gasteiger partial charge in [-0.3, -0.25) is 9.59 Å². The molecule has 4 heteroatoms. The molecule has 3 unspecified atom stereocenters. The van der Waals surface area contributed by atoms with E-state index in [9.17, 15) is 0 Å². The molecule has 0 saturated carbocycles. The highest BCUT2D eigenvalue weighted by molar-refractivity contribution is 6.28. The summed E-state index contributed by atoms with van der Waals surface area (Å²) >= 11 is 0. The largest absolute Gasteiger partial charge is 0.455 e. The third-order valence-corrected chi connectivity index (χ3v) is 20.3. The van der Waals surface area contributed by atoms with Crippen LogP contribution in [0.25, 0.3) is 93.4 Å². The van der Waals surface area contributed by atoms with E-state index in [2.05, 4.69) is 257 Å². The molecule has 0 amide bonds. The fraction of sp³-hybridized carbons (Fsp3) is 0.139. The summed E-state index contributed by atoms with van der Waals surface area (Å²) in [6, 6.07) is 72.0. The molecule has 3 atom stereocenters. The molecule has 4 nitrogen and oxygen atoms in total. The predicted molar refractivity (Wildman–Crippen MR) is 340 cm³/mol. The number of ketones is 2. The van der Waals surface area contributed by atoms with Gasteiger partial charge in [-0.15, -0.1) is 0 Å². The minimum Gasteiger partial charge on any atom is -0.455 e. The Morgan fingerprint density at radius 1 is 0.446 bits per heavy atom. The number of furan rings is 1. The van der Waals surface area contributed by atoms with Gasteiger partial charge in [0.05, 0.1) is 27.4 Å². The van der Waals surface area contributed by atoms with Crippen molar-refractivity contribution in [3.63, 3.8) is 0 Å². The first-order valence-corrected chi connectivity index (χ1v) is 29.3. The van der Waals surface area contributed by atoms with Crippen LogP contribution in [0.15, 0.2) is 240 Å². The van der Waals surface area contributed by atoms with E-state index in [1.807, 2.05) is 0 Å². The number of aryl methyl sites for hydroxylation is 1. The highest BCUT2D eigenvalue weighted by Crippen LogP contribution is 2.63. The molecule has 0 saturated heterocycles. The lowest BCUT2D eigenvalue weighted by Crippen LogP contribution is -2.61. The monoisotopic (exact) mass is 1070 g/mol. The van der Waals surface area contributed by atoms with Crippen LogP contribution in [0.2, 0.25) is 0 Å². The van der Waals surface area contributed by atoms with Crippen LogP contribution in [0.1, 0.15) is 98.8 Å². The fourth-order valence-corrected chi connectivity index (χ4v) is 16.1. The molecule has 3 heterocycles. The number of allylic oxidation sites excluding steroid dienone is 6. The predicted octanol–water partition coefficient (Wildman–Crippen LogP) is 19.3. The number of fused-ring (bicyclic) bond motifs is 17. The van der Waals surface area contributed by atoms with Gasteiger partial charge in [-0.25, -0.2) is 0 Å². The van der Waals surface area contributed by atoms with E-state index in [-0.39, 0.29) is 11.6 Å². The number of hydrogen-bond acceptors (Lipinski definition) is 3.